The number of hydrogen-bond donors (Lipinski definition) is 2. The Hall–Kier alpha value is -2.45. The van der Waals surface area contributed by atoms with Crippen LogP contribution in [0.5, 0.6) is 0 Å². The Morgan fingerprint density at radius 3 is 2.42 bits per heavy atom. The maximum Gasteiger partial charge on any atom is 0.321 e. The first kappa shape index (κ1) is 19.9. The molecule has 140 valence electrons. The van der Waals surface area contributed by atoms with Gasteiger partial charge >= 0.3 is 5.97 Å². The molecule has 0 spiro atoms. The summed E-state index contributed by atoms with van der Waals surface area (Å²) in [6.45, 7) is 2.56. The lowest BCUT2D eigenvalue weighted by molar-refractivity contribution is -0.140. The average molecular weight is 378 g/mol. The summed E-state index contributed by atoms with van der Waals surface area (Å²) in [5.74, 6) is -1.86. The van der Waals surface area contributed by atoms with Gasteiger partial charge in [0.05, 0.1) is 5.75 Å². The molecule has 7 nitrogen and oxygen atoms in total. The number of aliphatic carboxylic acids is 1. The molecule has 2 rings (SSSR count). The van der Waals surface area contributed by atoms with Crippen LogP contribution in [0.15, 0.2) is 42.5 Å². The Bertz CT molecular complexity index is 911. The summed E-state index contributed by atoms with van der Waals surface area (Å²) in [6.07, 6.45) is 0. The van der Waals surface area contributed by atoms with E-state index in [4.69, 9.17) is 0 Å². The molecule has 0 radical (unpaired) electrons. The van der Waals surface area contributed by atoms with E-state index in [-0.39, 0.29) is 24.7 Å². The van der Waals surface area contributed by atoms with Crippen molar-refractivity contribution in [3.05, 3.63) is 48.0 Å². The molecule has 1 unspecified atom stereocenters. The minimum atomic E-state index is -3.89. The van der Waals surface area contributed by atoms with E-state index in [1.807, 2.05) is 30.3 Å². The molecule has 0 aromatic heterocycles. The molecule has 2 N–H and O–H groups in total. The molecule has 0 saturated heterocycles. The van der Waals surface area contributed by atoms with E-state index in [1.54, 1.807) is 12.1 Å². The Morgan fingerprint density at radius 2 is 1.81 bits per heavy atom. The molecule has 0 bridgehead atoms. The lowest BCUT2D eigenvalue weighted by atomic mass is 10.1. The van der Waals surface area contributed by atoms with Crippen LogP contribution in [-0.2, 0) is 25.4 Å². The lowest BCUT2D eigenvalue weighted by Crippen LogP contribution is -2.47. The third kappa shape index (κ3) is 5.03. The molecule has 2 aromatic rings. The first-order chi connectivity index (χ1) is 12.2. The predicted molar refractivity (Wildman–Crippen MR) is 99.1 cm³/mol. The van der Waals surface area contributed by atoms with Gasteiger partial charge in [0.2, 0.25) is 15.9 Å². The highest BCUT2D eigenvalue weighted by atomic mass is 32.2. The van der Waals surface area contributed by atoms with Gasteiger partial charge in [-0.3, -0.25) is 9.59 Å². The van der Waals surface area contributed by atoms with Gasteiger partial charge < -0.3 is 10.4 Å². The van der Waals surface area contributed by atoms with Crippen molar-refractivity contribution in [3.63, 3.8) is 0 Å². The zero-order chi connectivity index (χ0) is 19.3. The molecule has 26 heavy (non-hydrogen) atoms. The molecule has 0 aliphatic heterocycles. The van der Waals surface area contributed by atoms with E-state index in [0.29, 0.717) is 5.56 Å². The van der Waals surface area contributed by atoms with E-state index >= 15 is 0 Å². The second-order valence-electron chi connectivity index (χ2n) is 6.05. The van der Waals surface area contributed by atoms with Crippen molar-refractivity contribution in [1.82, 2.24) is 9.62 Å². The Balaban J connectivity index is 2.25. The Kier molecular flexibility index (Phi) is 6.33. The van der Waals surface area contributed by atoms with Crippen molar-refractivity contribution in [1.29, 1.82) is 0 Å². The zero-order valence-corrected chi connectivity index (χ0v) is 15.5. The number of hydrogen-bond acceptors (Lipinski definition) is 4. The van der Waals surface area contributed by atoms with Crippen LogP contribution in [0.25, 0.3) is 10.8 Å². The van der Waals surface area contributed by atoms with Gasteiger partial charge in [-0.25, -0.2) is 8.42 Å². The summed E-state index contributed by atoms with van der Waals surface area (Å²) in [7, 11) is -3.89. The highest BCUT2D eigenvalue weighted by Gasteiger charge is 2.31. The average Bonchev–Trinajstić information content (AvgIpc) is 2.57. The Morgan fingerprint density at radius 1 is 1.15 bits per heavy atom. The fourth-order valence-electron chi connectivity index (χ4n) is 2.66. The summed E-state index contributed by atoms with van der Waals surface area (Å²) in [6, 6.07) is 11.7. The van der Waals surface area contributed by atoms with Gasteiger partial charge in [-0.05, 0) is 23.3 Å². The monoisotopic (exact) mass is 378 g/mol. The second kappa shape index (κ2) is 8.29. The first-order valence-corrected chi connectivity index (χ1v) is 9.76. The highest BCUT2D eigenvalue weighted by molar-refractivity contribution is 7.88. The quantitative estimate of drug-likeness (QED) is 0.726. The van der Waals surface area contributed by atoms with Gasteiger partial charge in [0.25, 0.3) is 0 Å². The summed E-state index contributed by atoms with van der Waals surface area (Å²) in [5, 5.41) is 13.6. The van der Waals surface area contributed by atoms with Crippen LogP contribution >= 0.6 is 0 Å². The molecule has 0 heterocycles. The number of rotatable bonds is 8. The number of carboxylic acid groups (broad SMARTS) is 1. The summed E-state index contributed by atoms with van der Waals surface area (Å²) in [5.41, 5.74) is 0.575. The van der Waals surface area contributed by atoms with E-state index in [0.717, 1.165) is 15.1 Å². The summed E-state index contributed by atoms with van der Waals surface area (Å²) in [4.78, 5) is 22.3. The van der Waals surface area contributed by atoms with E-state index < -0.39 is 22.0 Å². The molecule has 0 fully saturated rings. The molecule has 2 aromatic carbocycles. The fraction of sp³-hybridized carbons (Fsp3) is 0.333. The number of nitrogens with zero attached hydrogens (tertiary/aromatic N) is 1. The van der Waals surface area contributed by atoms with Crippen LogP contribution in [0, 0.1) is 0 Å². The largest absolute Gasteiger partial charge is 0.480 e. The minimum absolute atomic E-state index is 0.0455. The zero-order valence-electron chi connectivity index (χ0n) is 14.7. The van der Waals surface area contributed by atoms with Crippen LogP contribution < -0.4 is 5.32 Å². The van der Waals surface area contributed by atoms with Gasteiger partial charge in [-0.15, -0.1) is 0 Å². The fourth-order valence-corrected chi connectivity index (χ4v) is 4.37. The molecule has 8 heteroatoms. The number of sulfonamides is 1. The standard InChI is InChI=1S/C18H22N2O5S/c1-13(18(22)23)20(10-9-19-14(2)21)26(24,25)12-15-7-8-16-5-3-4-6-17(16)11-15/h3-8,11,13H,9-10,12H2,1-2H3,(H,19,21)(H,22,23). The summed E-state index contributed by atoms with van der Waals surface area (Å²) >= 11 is 0. The maximum absolute atomic E-state index is 12.8. The number of amides is 1. The van der Waals surface area contributed by atoms with E-state index in [1.165, 1.54) is 13.8 Å². The molecule has 1 atom stereocenters. The van der Waals surface area contributed by atoms with E-state index in [9.17, 15) is 23.1 Å². The molecule has 1 amide bonds. The van der Waals surface area contributed by atoms with Crippen molar-refractivity contribution >= 4 is 32.7 Å². The van der Waals surface area contributed by atoms with Crippen molar-refractivity contribution in [2.24, 2.45) is 0 Å². The molecular weight excluding hydrogens is 356 g/mol. The Labute approximate surface area is 152 Å². The molecule has 0 aliphatic rings. The third-order valence-corrected chi connectivity index (χ3v) is 5.93. The van der Waals surface area contributed by atoms with Gasteiger partial charge in [-0.1, -0.05) is 42.5 Å². The van der Waals surface area contributed by atoms with Crippen molar-refractivity contribution in [3.8, 4) is 0 Å². The van der Waals surface area contributed by atoms with Crippen LogP contribution in [0.3, 0.4) is 0 Å². The van der Waals surface area contributed by atoms with Crippen LogP contribution in [0.1, 0.15) is 19.4 Å². The number of benzene rings is 2. The second-order valence-corrected chi connectivity index (χ2v) is 7.97. The number of carbonyl (C=O) groups excluding carboxylic acids is 1. The minimum Gasteiger partial charge on any atom is -0.480 e. The van der Waals surface area contributed by atoms with Gasteiger partial charge in [-0.2, -0.15) is 4.31 Å². The smallest absolute Gasteiger partial charge is 0.321 e. The molecule has 0 aliphatic carbocycles. The molecular formula is C18H22N2O5S. The van der Waals surface area contributed by atoms with Crippen LogP contribution in [-0.4, -0.2) is 48.8 Å². The van der Waals surface area contributed by atoms with Crippen molar-refractivity contribution in [2.75, 3.05) is 13.1 Å². The van der Waals surface area contributed by atoms with Gasteiger partial charge in [0.15, 0.2) is 0 Å². The number of carbonyl (C=O) groups is 2. The highest BCUT2D eigenvalue weighted by Crippen LogP contribution is 2.19. The number of nitrogens with one attached hydrogen (secondary N) is 1. The lowest BCUT2D eigenvalue weighted by Gasteiger charge is -2.26. The number of carboxylic acids is 1. The van der Waals surface area contributed by atoms with Crippen molar-refractivity contribution in [2.45, 2.75) is 25.6 Å². The van der Waals surface area contributed by atoms with Gasteiger partial charge in [0, 0.05) is 20.0 Å². The predicted octanol–water partition coefficient (Wildman–Crippen LogP) is 1.58. The maximum atomic E-state index is 12.8. The first-order valence-electron chi connectivity index (χ1n) is 8.15. The SMILES string of the molecule is CC(=O)NCCN(C(C)C(=O)O)S(=O)(=O)Cc1ccc2ccccc2c1. The van der Waals surface area contributed by atoms with Crippen molar-refractivity contribution < 1.29 is 23.1 Å². The summed E-state index contributed by atoms with van der Waals surface area (Å²) < 4.78 is 26.5. The normalized spacial score (nSPS) is 12.9. The van der Waals surface area contributed by atoms with E-state index in [2.05, 4.69) is 5.32 Å². The van der Waals surface area contributed by atoms with Crippen LogP contribution in [0.2, 0.25) is 0 Å². The molecule has 0 saturated carbocycles. The topological polar surface area (TPSA) is 104 Å². The van der Waals surface area contributed by atoms with Gasteiger partial charge in [0.1, 0.15) is 6.04 Å². The number of fused-ring (bicyclic) bond motifs is 1. The van der Waals surface area contributed by atoms with Crippen LogP contribution in [0.4, 0.5) is 0 Å². The third-order valence-electron chi connectivity index (χ3n) is 4.02.